The van der Waals surface area contributed by atoms with Gasteiger partial charge in [-0.1, -0.05) is 0 Å². The first-order valence-electron chi connectivity index (χ1n) is 15.3. The summed E-state index contributed by atoms with van der Waals surface area (Å²) in [5.74, 6) is -1.91. The maximum atomic E-state index is 12.8. The van der Waals surface area contributed by atoms with Gasteiger partial charge < -0.3 is 98.5 Å². The number of rotatable bonds is 14. The SMILES string of the molecule is NCC[C@H](O)C(=O)N[C@@H]1C(O)[C@@H](O[C@@H]2C(O)C(O[C@H]3OC(CN)[C@@H](O)C(O)C3O)[C@@H](N)C[C@H]2NC(=O)[C@@H](O)CCN)OC(CO)[C@H]1O. The number of aliphatic hydroxyl groups is 9. The summed E-state index contributed by atoms with van der Waals surface area (Å²) in [7, 11) is 0. The molecule has 19 N–H and O–H groups in total. The van der Waals surface area contributed by atoms with Crippen LogP contribution in [0.1, 0.15) is 19.3 Å². The average Bonchev–Trinajstić information content (AvgIpc) is 3.03. The van der Waals surface area contributed by atoms with Gasteiger partial charge in [-0.25, -0.2) is 0 Å². The van der Waals surface area contributed by atoms with Crippen molar-refractivity contribution in [1.29, 1.82) is 0 Å². The number of ether oxygens (including phenoxy) is 4. The molecule has 2 heterocycles. The second-order valence-corrected chi connectivity index (χ2v) is 11.9. The van der Waals surface area contributed by atoms with Crippen molar-refractivity contribution < 1.29 is 74.5 Å². The molecule has 3 aliphatic rings. The monoisotopic (exact) mass is 686 g/mol. The van der Waals surface area contributed by atoms with Crippen LogP contribution in [0.2, 0.25) is 0 Å². The van der Waals surface area contributed by atoms with E-state index in [-0.39, 0.29) is 38.9 Å². The lowest BCUT2D eigenvalue weighted by Gasteiger charge is -2.49. The average molecular weight is 687 g/mol. The van der Waals surface area contributed by atoms with E-state index in [1.54, 1.807) is 0 Å². The number of carbonyl (C=O) groups is 2. The second-order valence-electron chi connectivity index (χ2n) is 11.9. The van der Waals surface area contributed by atoms with Crippen LogP contribution >= 0.6 is 0 Å². The normalized spacial score (nSPS) is 42.4. The van der Waals surface area contributed by atoms with Gasteiger partial charge >= 0.3 is 0 Å². The zero-order valence-corrected chi connectivity index (χ0v) is 25.5. The fourth-order valence-electron chi connectivity index (χ4n) is 5.76. The van der Waals surface area contributed by atoms with Crippen LogP contribution in [0.15, 0.2) is 0 Å². The zero-order valence-electron chi connectivity index (χ0n) is 25.5. The lowest BCUT2D eigenvalue weighted by molar-refractivity contribution is -0.333. The van der Waals surface area contributed by atoms with E-state index in [1.807, 2.05) is 0 Å². The Labute approximate surface area is 269 Å². The number of hydrogen-bond donors (Lipinski definition) is 15. The van der Waals surface area contributed by atoms with Crippen LogP contribution < -0.4 is 33.6 Å². The first kappa shape index (κ1) is 39.7. The highest BCUT2D eigenvalue weighted by atomic mass is 16.7. The van der Waals surface area contributed by atoms with E-state index in [0.29, 0.717) is 0 Å². The molecule has 7 unspecified atom stereocenters. The Morgan fingerprint density at radius 1 is 0.723 bits per heavy atom. The predicted molar refractivity (Wildman–Crippen MR) is 155 cm³/mol. The first-order chi connectivity index (χ1) is 22.2. The van der Waals surface area contributed by atoms with Gasteiger partial charge in [0, 0.05) is 12.6 Å². The Morgan fingerprint density at radius 2 is 1.26 bits per heavy atom. The van der Waals surface area contributed by atoms with E-state index < -0.39 is 122 Å². The predicted octanol–water partition coefficient (Wildman–Crippen LogP) is -9.56. The molecular formula is C26H50N6O15. The molecule has 1 saturated carbocycles. The maximum absolute atomic E-state index is 12.8. The third-order valence-electron chi connectivity index (χ3n) is 8.51. The van der Waals surface area contributed by atoms with Crippen molar-refractivity contribution >= 4 is 11.8 Å². The molecule has 0 radical (unpaired) electrons. The molecule has 274 valence electrons. The minimum absolute atomic E-state index is 0.0363. The van der Waals surface area contributed by atoms with Gasteiger partial charge in [0.05, 0.1) is 18.7 Å². The molecule has 2 saturated heterocycles. The molecule has 0 bridgehead atoms. The molecule has 3 rings (SSSR count). The second kappa shape index (κ2) is 17.8. The van der Waals surface area contributed by atoms with Gasteiger partial charge in [0.1, 0.15) is 73.2 Å². The van der Waals surface area contributed by atoms with E-state index in [1.165, 1.54) is 0 Å². The van der Waals surface area contributed by atoms with Gasteiger partial charge in [0.2, 0.25) is 11.8 Å². The fourth-order valence-corrected chi connectivity index (χ4v) is 5.76. The van der Waals surface area contributed by atoms with E-state index in [4.69, 9.17) is 41.9 Å². The van der Waals surface area contributed by atoms with E-state index >= 15 is 0 Å². The van der Waals surface area contributed by atoms with Crippen molar-refractivity contribution in [3.05, 3.63) is 0 Å². The number of aliphatic hydroxyl groups excluding tert-OH is 9. The lowest BCUT2D eigenvalue weighted by Crippen LogP contribution is -2.70. The molecular weight excluding hydrogens is 636 g/mol. The van der Waals surface area contributed by atoms with Crippen LogP contribution in [0.4, 0.5) is 0 Å². The molecule has 0 spiro atoms. The van der Waals surface area contributed by atoms with Gasteiger partial charge in [-0.05, 0) is 32.4 Å². The van der Waals surface area contributed by atoms with Crippen LogP contribution in [0.5, 0.6) is 0 Å². The first-order valence-corrected chi connectivity index (χ1v) is 15.3. The number of amides is 2. The Hall–Kier alpha value is -1.74. The van der Waals surface area contributed by atoms with Crippen LogP contribution in [0.3, 0.4) is 0 Å². The molecule has 3 fully saturated rings. The summed E-state index contributed by atoms with van der Waals surface area (Å²) in [4.78, 5) is 25.3. The van der Waals surface area contributed by atoms with E-state index in [0.717, 1.165) is 0 Å². The van der Waals surface area contributed by atoms with E-state index in [9.17, 15) is 55.5 Å². The lowest BCUT2D eigenvalue weighted by atomic mass is 9.83. The van der Waals surface area contributed by atoms with E-state index in [2.05, 4.69) is 10.6 Å². The zero-order chi connectivity index (χ0) is 35.2. The molecule has 0 aromatic carbocycles. The Kier molecular flexibility index (Phi) is 15.0. The number of nitrogens with one attached hydrogen (secondary N) is 2. The third kappa shape index (κ3) is 9.29. The number of nitrogens with two attached hydrogens (primary N) is 4. The van der Waals surface area contributed by atoms with Crippen molar-refractivity contribution in [3.8, 4) is 0 Å². The van der Waals surface area contributed by atoms with Crippen molar-refractivity contribution in [2.24, 2.45) is 22.9 Å². The molecule has 2 aliphatic heterocycles. The quantitative estimate of drug-likeness (QED) is 0.0806. The highest BCUT2D eigenvalue weighted by Crippen LogP contribution is 2.32. The highest BCUT2D eigenvalue weighted by Gasteiger charge is 2.53. The summed E-state index contributed by atoms with van der Waals surface area (Å²) >= 11 is 0. The van der Waals surface area contributed by atoms with Crippen LogP contribution in [0, 0.1) is 0 Å². The highest BCUT2D eigenvalue weighted by molar-refractivity contribution is 5.81. The van der Waals surface area contributed by atoms with Crippen molar-refractivity contribution in [2.45, 2.75) is 123 Å². The number of hydrogen-bond acceptors (Lipinski definition) is 19. The van der Waals surface area contributed by atoms with Crippen molar-refractivity contribution in [3.63, 3.8) is 0 Å². The Balaban J connectivity index is 1.90. The summed E-state index contributed by atoms with van der Waals surface area (Å²) in [6.07, 6.45) is -23.3. The molecule has 21 heteroatoms. The van der Waals surface area contributed by atoms with Crippen LogP contribution in [0.25, 0.3) is 0 Å². The standard InChI is InChI=1S/C26H50N6O15/c27-3-1-10(34)23(42)31-9-5-8(30)21(46-26-19(40)18(39)16(37)12(6-29)44-26)20(41)22(9)47-25-17(38)14(15(36)13(7-33)45-25)32-24(43)11(35)2-4-28/h8-22,25-26,33-41H,1-7,27-30H2,(H,31,42)(H,32,43)/t8-,9+,10-,11-,12?,13?,14-,15+,16+,17?,18?,19?,20?,21?,22-,25+,26+/m0/s1. The molecule has 17 atom stereocenters. The topological polar surface area (TPSA) is 381 Å². The summed E-state index contributed by atoms with van der Waals surface area (Å²) in [5, 5.41) is 99.1. The van der Waals surface area contributed by atoms with Crippen molar-refractivity contribution in [1.82, 2.24) is 10.6 Å². The summed E-state index contributed by atoms with van der Waals surface area (Å²) in [5.41, 5.74) is 22.7. The molecule has 2 amide bonds. The molecule has 1 aliphatic carbocycles. The van der Waals surface area contributed by atoms with Gasteiger partial charge in [0.15, 0.2) is 12.6 Å². The van der Waals surface area contributed by atoms with Crippen LogP contribution in [-0.2, 0) is 28.5 Å². The Morgan fingerprint density at radius 3 is 1.81 bits per heavy atom. The van der Waals surface area contributed by atoms with Gasteiger partial charge in [-0.3, -0.25) is 9.59 Å². The molecule has 0 aromatic heterocycles. The largest absolute Gasteiger partial charge is 0.394 e. The summed E-state index contributed by atoms with van der Waals surface area (Å²) in [6.45, 7) is -1.18. The maximum Gasteiger partial charge on any atom is 0.249 e. The summed E-state index contributed by atoms with van der Waals surface area (Å²) < 4.78 is 22.8. The molecule has 47 heavy (non-hydrogen) atoms. The molecule has 0 aromatic rings. The number of carbonyl (C=O) groups excluding carboxylic acids is 2. The minimum atomic E-state index is -1.89. The van der Waals surface area contributed by atoms with Gasteiger partial charge in [-0.2, -0.15) is 0 Å². The van der Waals surface area contributed by atoms with Crippen LogP contribution in [-0.4, -0.2) is 188 Å². The van der Waals surface area contributed by atoms with Gasteiger partial charge in [-0.15, -0.1) is 0 Å². The summed E-state index contributed by atoms with van der Waals surface area (Å²) in [6, 6.07) is -3.92. The fraction of sp³-hybridized carbons (Fsp3) is 0.923. The minimum Gasteiger partial charge on any atom is -0.394 e. The third-order valence-corrected chi connectivity index (χ3v) is 8.51. The Bertz CT molecular complexity index is 1000. The van der Waals surface area contributed by atoms with Gasteiger partial charge in [0.25, 0.3) is 0 Å². The smallest absolute Gasteiger partial charge is 0.249 e. The van der Waals surface area contributed by atoms with Crippen molar-refractivity contribution in [2.75, 3.05) is 26.2 Å². The molecule has 21 nitrogen and oxygen atoms in total.